The Balaban J connectivity index is 1.66. The predicted molar refractivity (Wildman–Crippen MR) is 76.0 cm³/mol. The zero-order valence-corrected chi connectivity index (χ0v) is 11.4. The SMILES string of the molecule is NCC1CC(n2cc(-c3ccncn3)c(C3CC3)n2)C1. The molecule has 0 unspecified atom stereocenters. The summed E-state index contributed by atoms with van der Waals surface area (Å²) < 4.78 is 2.15. The minimum Gasteiger partial charge on any atom is -0.330 e. The van der Waals surface area contributed by atoms with E-state index in [1.54, 1.807) is 12.5 Å². The Bertz CT molecular complexity index is 596. The number of hydrogen-bond acceptors (Lipinski definition) is 4. The minimum atomic E-state index is 0.525. The van der Waals surface area contributed by atoms with E-state index in [0.29, 0.717) is 17.9 Å². The molecule has 0 aromatic carbocycles. The third-order valence-electron chi connectivity index (χ3n) is 4.50. The van der Waals surface area contributed by atoms with Gasteiger partial charge in [-0.2, -0.15) is 5.10 Å². The highest BCUT2D eigenvalue weighted by atomic mass is 15.3. The van der Waals surface area contributed by atoms with E-state index in [4.69, 9.17) is 10.8 Å². The molecule has 0 aliphatic heterocycles. The Morgan fingerprint density at radius 3 is 2.80 bits per heavy atom. The Hall–Kier alpha value is -1.75. The normalized spacial score (nSPS) is 25.4. The van der Waals surface area contributed by atoms with Crippen LogP contribution in [0.25, 0.3) is 11.3 Å². The van der Waals surface area contributed by atoms with Crippen molar-refractivity contribution >= 4 is 0 Å². The molecule has 0 spiro atoms. The highest BCUT2D eigenvalue weighted by molar-refractivity contribution is 5.62. The fourth-order valence-electron chi connectivity index (χ4n) is 3.01. The van der Waals surface area contributed by atoms with E-state index in [0.717, 1.165) is 25.1 Å². The van der Waals surface area contributed by atoms with E-state index in [1.165, 1.54) is 24.1 Å². The van der Waals surface area contributed by atoms with Crippen LogP contribution >= 0.6 is 0 Å². The fourth-order valence-corrected chi connectivity index (χ4v) is 3.01. The number of rotatable bonds is 4. The van der Waals surface area contributed by atoms with E-state index >= 15 is 0 Å². The van der Waals surface area contributed by atoms with Gasteiger partial charge in [0.1, 0.15) is 6.33 Å². The summed E-state index contributed by atoms with van der Waals surface area (Å²) in [7, 11) is 0. The largest absolute Gasteiger partial charge is 0.330 e. The summed E-state index contributed by atoms with van der Waals surface area (Å²) in [6, 6.07) is 2.49. The maximum atomic E-state index is 5.71. The van der Waals surface area contributed by atoms with Gasteiger partial charge in [-0.25, -0.2) is 9.97 Å². The van der Waals surface area contributed by atoms with E-state index < -0.39 is 0 Å². The van der Waals surface area contributed by atoms with E-state index in [-0.39, 0.29) is 0 Å². The molecule has 2 heterocycles. The highest BCUT2D eigenvalue weighted by Gasteiger charge is 2.34. The lowest BCUT2D eigenvalue weighted by atomic mass is 9.80. The smallest absolute Gasteiger partial charge is 0.116 e. The van der Waals surface area contributed by atoms with Crippen LogP contribution in [0.1, 0.15) is 43.3 Å². The standard InChI is InChI=1S/C15H19N5/c16-7-10-5-12(6-10)20-8-13(14-3-4-17-9-18-14)15(19-20)11-1-2-11/h3-4,8-12H,1-2,5-7,16H2. The van der Waals surface area contributed by atoms with Gasteiger partial charge < -0.3 is 5.73 Å². The van der Waals surface area contributed by atoms with Gasteiger partial charge in [-0.3, -0.25) is 4.68 Å². The summed E-state index contributed by atoms with van der Waals surface area (Å²) in [5.74, 6) is 1.31. The van der Waals surface area contributed by atoms with Crippen molar-refractivity contribution in [1.82, 2.24) is 19.7 Å². The first-order valence-electron chi connectivity index (χ1n) is 7.40. The maximum absolute atomic E-state index is 5.71. The van der Waals surface area contributed by atoms with Gasteiger partial charge >= 0.3 is 0 Å². The van der Waals surface area contributed by atoms with Crippen LogP contribution in [0.15, 0.2) is 24.8 Å². The van der Waals surface area contributed by atoms with Gasteiger partial charge in [0.05, 0.1) is 17.4 Å². The lowest BCUT2D eigenvalue weighted by Crippen LogP contribution is -2.32. The van der Waals surface area contributed by atoms with Crippen molar-refractivity contribution in [2.24, 2.45) is 11.7 Å². The second kappa shape index (κ2) is 4.66. The molecular formula is C15H19N5. The average Bonchev–Trinajstić information content (AvgIpc) is 3.19. The molecule has 0 amide bonds. The molecule has 0 atom stereocenters. The summed E-state index contributed by atoms with van der Waals surface area (Å²) in [6.45, 7) is 0.798. The van der Waals surface area contributed by atoms with Crippen molar-refractivity contribution < 1.29 is 0 Å². The second-order valence-electron chi connectivity index (χ2n) is 6.00. The molecule has 0 radical (unpaired) electrons. The van der Waals surface area contributed by atoms with Crippen molar-refractivity contribution in [3.05, 3.63) is 30.5 Å². The zero-order chi connectivity index (χ0) is 13.5. The summed E-state index contributed by atoms with van der Waals surface area (Å²) in [5, 5.41) is 4.85. The molecule has 4 rings (SSSR count). The first-order chi connectivity index (χ1) is 9.85. The van der Waals surface area contributed by atoms with Gasteiger partial charge in [0, 0.05) is 23.9 Å². The van der Waals surface area contributed by atoms with Gasteiger partial charge in [0.2, 0.25) is 0 Å². The predicted octanol–water partition coefficient (Wildman–Crippen LogP) is 2.13. The Labute approximate surface area is 118 Å². The van der Waals surface area contributed by atoms with E-state index in [9.17, 15) is 0 Å². The number of nitrogens with zero attached hydrogens (tertiary/aromatic N) is 4. The summed E-state index contributed by atoms with van der Waals surface area (Å²) in [5.41, 5.74) is 9.11. The third-order valence-corrected chi connectivity index (χ3v) is 4.50. The van der Waals surface area contributed by atoms with Gasteiger partial charge in [0.25, 0.3) is 0 Å². The molecule has 2 saturated carbocycles. The highest BCUT2D eigenvalue weighted by Crippen LogP contribution is 2.45. The maximum Gasteiger partial charge on any atom is 0.116 e. The third kappa shape index (κ3) is 2.02. The minimum absolute atomic E-state index is 0.525. The van der Waals surface area contributed by atoms with Gasteiger partial charge in [-0.05, 0) is 44.2 Å². The molecule has 2 aromatic rings. The van der Waals surface area contributed by atoms with Crippen LogP contribution in [0.5, 0.6) is 0 Å². The van der Waals surface area contributed by atoms with Crippen molar-refractivity contribution in [2.45, 2.75) is 37.6 Å². The first kappa shape index (κ1) is 12.0. The lowest BCUT2D eigenvalue weighted by molar-refractivity contribution is 0.189. The fraction of sp³-hybridized carbons (Fsp3) is 0.533. The molecule has 20 heavy (non-hydrogen) atoms. The van der Waals surface area contributed by atoms with Crippen LogP contribution in [0, 0.1) is 5.92 Å². The van der Waals surface area contributed by atoms with Crippen molar-refractivity contribution in [1.29, 1.82) is 0 Å². The van der Waals surface area contributed by atoms with Crippen molar-refractivity contribution in [3.8, 4) is 11.3 Å². The molecule has 2 aromatic heterocycles. The second-order valence-corrected chi connectivity index (χ2v) is 6.00. The molecule has 5 heteroatoms. The lowest BCUT2D eigenvalue weighted by Gasteiger charge is -2.34. The van der Waals surface area contributed by atoms with Crippen LogP contribution in [-0.4, -0.2) is 26.3 Å². The van der Waals surface area contributed by atoms with Crippen LogP contribution < -0.4 is 5.73 Å². The molecular weight excluding hydrogens is 250 g/mol. The van der Waals surface area contributed by atoms with E-state index in [2.05, 4.69) is 20.8 Å². The topological polar surface area (TPSA) is 69.6 Å². The summed E-state index contributed by atoms with van der Waals surface area (Å²) in [6.07, 6.45) is 10.4. The van der Waals surface area contributed by atoms with Crippen LogP contribution in [-0.2, 0) is 0 Å². The molecule has 2 fully saturated rings. The summed E-state index contributed by atoms with van der Waals surface area (Å²) in [4.78, 5) is 8.38. The molecule has 104 valence electrons. The Morgan fingerprint density at radius 2 is 2.15 bits per heavy atom. The molecule has 0 saturated heterocycles. The van der Waals surface area contributed by atoms with Gasteiger partial charge in [-0.1, -0.05) is 0 Å². The van der Waals surface area contributed by atoms with Crippen molar-refractivity contribution in [3.63, 3.8) is 0 Å². The van der Waals surface area contributed by atoms with Crippen molar-refractivity contribution in [2.75, 3.05) is 6.54 Å². The monoisotopic (exact) mass is 269 g/mol. The van der Waals surface area contributed by atoms with Gasteiger partial charge in [-0.15, -0.1) is 0 Å². The van der Waals surface area contributed by atoms with Crippen LogP contribution in [0.3, 0.4) is 0 Å². The molecule has 2 aliphatic carbocycles. The van der Waals surface area contributed by atoms with Crippen LogP contribution in [0.2, 0.25) is 0 Å². The van der Waals surface area contributed by atoms with E-state index in [1.807, 2.05) is 6.07 Å². The quantitative estimate of drug-likeness (QED) is 0.923. The molecule has 5 nitrogen and oxygen atoms in total. The number of aromatic nitrogens is 4. The van der Waals surface area contributed by atoms with Crippen LogP contribution in [0.4, 0.5) is 0 Å². The molecule has 2 N–H and O–H groups in total. The average molecular weight is 269 g/mol. The molecule has 2 aliphatic rings. The Morgan fingerprint density at radius 1 is 1.30 bits per heavy atom. The Kier molecular flexibility index (Phi) is 2.80. The number of hydrogen-bond donors (Lipinski definition) is 1. The molecule has 0 bridgehead atoms. The first-order valence-corrected chi connectivity index (χ1v) is 7.40. The summed E-state index contributed by atoms with van der Waals surface area (Å²) >= 11 is 0. The number of nitrogens with two attached hydrogens (primary N) is 1. The zero-order valence-electron chi connectivity index (χ0n) is 11.4. The van der Waals surface area contributed by atoms with Gasteiger partial charge in [0.15, 0.2) is 0 Å².